The summed E-state index contributed by atoms with van der Waals surface area (Å²) >= 11 is 6.16. The van der Waals surface area contributed by atoms with Gasteiger partial charge in [-0.1, -0.05) is 23.7 Å². The van der Waals surface area contributed by atoms with Gasteiger partial charge in [-0.3, -0.25) is 9.59 Å². The normalized spacial score (nSPS) is 22.0. The Morgan fingerprint density at radius 3 is 2.63 bits per heavy atom. The Balaban J connectivity index is 0.00000261. The molecular weight excluding hydrogens is 387 g/mol. The maximum atomic E-state index is 12.2. The van der Waals surface area contributed by atoms with Gasteiger partial charge in [-0.15, -0.1) is 12.4 Å². The number of amides is 1. The van der Waals surface area contributed by atoms with Gasteiger partial charge in [-0.05, 0) is 49.4 Å². The number of hydrogen-bond acceptors (Lipinski definition) is 4. The molecule has 1 aliphatic carbocycles. The lowest BCUT2D eigenvalue weighted by Gasteiger charge is -2.40. The topological polar surface area (TPSA) is 90.0 Å². The first-order valence-electron chi connectivity index (χ1n) is 8.77. The molecule has 27 heavy (non-hydrogen) atoms. The fourth-order valence-corrected chi connectivity index (χ4v) is 3.95. The van der Waals surface area contributed by atoms with Crippen LogP contribution in [0.3, 0.4) is 0 Å². The van der Waals surface area contributed by atoms with E-state index in [-0.39, 0.29) is 35.3 Å². The summed E-state index contributed by atoms with van der Waals surface area (Å²) in [5, 5.41) is 7.65. The third-order valence-corrected chi connectivity index (χ3v) is 5.45. The van der Waals surface area contributed by atoms with Crippen LogP contribution in [0.2, 0.25) is 5.02 Å². The number of rotatable bonds is 4. The average Bonchev–Trinajstić information content (AvgIpc) is 2.63. The summed E-state index contributed by atoms with van der Waals surface area (Å²) in [5.41, 5.74) is 7.00. The highest BCUT2D eigenvalue weighted by Gasteiger charge is 2.37. The molecule has 0 bridgehead atoms. The molecule has 0 radical (unpaired) electrons. The number of hydrogen-bond donors (Lipinski definition) is 2. The molecule has 0 saturated heterocycles. The molecule has 1 heterocycles. The minimum absolute atomic E-state index is 0. The van der Waals surface area contributed by atoms with Crippen LogP contribution in [-0.4, -0.2) is 22.2 Å². The number of nitrogens with zero attached hydrogens (tertiary/aromatic N) is 2. The van der Waals surface area contributed by atoms with Crippen LogP contribution in [0.25, 0.3) is 0 Å². The number of nitrogens with one attached hydrogen (secondary N) is 1. The van der Waals surface area contributed by atoms with Gasteiger partial charge >= 0.3 is 0 Å². The van der Waals surface area contributed by atoms with Gasteiger partial charge in [0.2, 0.25) is 5.91 Å². The quantitative estimate of drug-likeness (QED) is 0.808. The number of nitrogens with two attached hydrogens (primary N) is 1. The zero-order valence-electron chi connectivity index (χ0n) is 15.2. The largest absolute Gasteiger partial charge is 0.330 e. The fraction of sp³-hybridized carbons (Fsp3) is 0.421. The van der Waals surface area contributed by atoms with Crippen LogP contribution in [0.5, 0.6) is 0 Å². The van der Waals surface area contributed by atoms with Crippen molar-refractivity contribution in [1.29, 1.82) is 0 Å². The van der Waals surface area contributed by atoms with Crippen molar-refractivity contribution in [3.05, 3.63) is 57.3 Å². The molecule has 1 saturated carbocycles. The third kappa shape index (κ3) is 4.69. The minimum atomic E-state index is -0.213. The fourth-order valence-electron chi connectivity index (χ4n) is 3.76. The van der Waals surface area contributed by atoms with Crippen LogP contribution >= 0.6 is 24.0 Å². The van der Waals surface area contributed by atoms with Gasteiger partial charge in [-0.25, -0.2) is 4.68 Å². The first kappa shape index (κ1) is 21.4. The molecule has 3 N–H and O–H groups in total. The van der Waals surface area contributed by atoms with E-state index in [0.717, 1.165) is 31.2 Å². The van der Waals surface area contributed by atoms with E-state index in [1.54, 1.807) is 0 Å². The van der Waals surface area contributed by atoms with Gasteiger partial charge in [0, 0.05) is 30.0 Å². The van der Waals surface area contributed by atoms with Crippen molar-refractivity contribution in [2.45, 2.75) is 44.1 Å². The van der Waals surface area contributed by atoms with E-state index in [1.165, 1.54) is 23.7 Å². The number of carbonyl (C=O) groups excluding carboxylic acids is 1. The zero-order chi connectivity index (χ0) is 18.7. The Hall–Kier alpha value is -1.89. The highest BCUT2D eigenvalue weighted by molar-refractivity contribution is 6.30. The molecule has 1 amide bonds. The van der Waals surface area contributed by atoms with Crippen LogP contribution < -0.4 is 16.6 Å². The van der Waals surface area contributed by atoms with Crippen molar-refractivity contribution >= 4 is 35.7 Å². The van der Waals surface area contributed by atoms with Gasteiger partial charge in [0.1, 0.15) is 0 Å². The van der Waals surface area contributed by atoms with Gasteiger partial charge < -0.3 is 11.1 Å². The van der Waals surface area contributed by atoms with Crippen LogP contribution in [-0.2, 0) is 10.2 Å². The molecule has 0 atom stereocenters. The zero-order valence-corrected chi connectivity index (χ0v) is 16.7. The van der Waals surface area contributed by atoms with Crippen LogP contribution in [0, 0.1) is 0 Å². The summed E-state index contributed by atoms with van der Waals surface area (Å²) in [4.78, 5) is 23.5. The molecule has 0 spiro atoms. The lowest BCUT2D eigenvalue weighted by molar-refractivity contribution is -0.114. The van der Waals surface area contributed by atoms with E-state index in [4.69, 9.17) is 17.3 Å². The summed E-state index contributed by atoms with van der Waals surface area (Å²) in [6.45, 7) is 1.95. The summed E-state index contributed by atoms with van der Waals surface area (Å²) in [7, 11) is 0. The molecule has 1 aromatic heterocycles. The first-order chi connectivity index (χ1) is 12.4. The highest BCUT2D eigenvalue weighted by atomic mass is 35.5. The molecule has 1 aromatic carbocycles. The maximum Gasteiger partial charge on any atom is 0.267 e. The molecule has 146 valence electrons. The van der Waals surface area contributed by atoms with Crippen molar-refractivity contribution in [2.24, 2.45) is 5.73 Å². The second-order valence-corrected chi connectivity index (χ2v) is 7.34. The number of anilines is 1. The molecule has 2 aromatic rings. The van der Waals surface area contributed by atoms with E-state index < -0.39 is 0 Å². The van der Waals surface area contributed by atoms with E-state index in [0.29, 0.717) is 17.4 Å². The summed E-state index contributed by atoms with van der Waals surface area (Å²) in [6.07, 6.45) is 3.29. The molecule has 8 heteroatoms. The number of halogens is 2. The SMILES string of the molecule is CC(=O)Nc1ccc(=O)n([C@H]2CC[C@@](CN)(c3cccc(Cl)c3)CC2)n1.Cl. The summed E-state index contributed by atoms with van der Waals surface area (Å²) in [6, 6.07) is 10.8. The Morgan fingerprint density at radius 2 is 2.04 bits per heavy atom. The summed E-state index contributed by atoms with van der Waals surface area (Å²) < 4.78 is 1.49. The van der Waals surface area contributed by atoms with Gasteiger partial charge in [0.15, 0.2) is 5.82 Å². The van der Waals surface area contributed by atoms with Gasteiger partial charge in [-0.2, -0.15) is 5.10 Å². The second-order valence-electron chi connectivity index (χ2n) is 6.91. The Morgan fingerprint density at radius 1 is 1.33 bits per heavy atom. The predicted molar refractivity (Wildman–Crippen MR) is 110 cm³/mol. The smallest absolute Gasteiger partial charge is 0.267 e. The number of aromatic nitrogens is 2. The lowest BCUT2D eigenvalue weighted by atomic mass is 9.68. The molecule has 3 rings (SSSR count). The summed E-state index contributed by atoms with van der Waals surface area (Å²) in [5.74, 6) is 0.178. The molecule has 0 aliphatic heterocycles. The predicted octanol–water partition coefficient (Wildman–Crippen LogP) is 3.29. The average molecular weight is 411 g/mol. The van der Waals surface area contributed by atoms with Crippen LogP contribution in [0.15, 0.2) is 41.2 Å². The van der Waals surface area contributed by atoms with E-state index in [2.05, 4.69) is 16.5 Å². The molecular formula is C19H24Cl2N4O2. The molecule has 1 aliphatic rings. The van der Waals surface area contributed by atoms with Crippen molar-refractivity contribution in [3.8, 4) is 0 Å². The monoisotopic (exact) mass is 410 g/mol. The van der Waals surface area contributed by atoms with E-state index >= 15 is 0 Å². The van der Waals surface area contributed by atoms with Gasteiger partial charge in [0.05, 0.1) is 6.04 Å². The standard InChI is InChI=1S/C19H23ClN4O2.ClH/c1-13(25)22-17-5-6-18(26)24(23-17)16-7-9-19(12-21,10-8-16)14-3-2-4-15(20)11-14;/h2-6,11,16H,7-10,12,21H2,1H3,(H,22,23,25);1H/t16-,19+;. The number of benzene rings is 1. The number of carbonyl (C=O) groups is 1. The van der Waals surface area contributed by atoms with Crippen molar-refractivity contribution in [1.82, 2.24) is 9.78 Å². The Bertz CT molecular complexity index is 861. The van der Waals surface area contributed by atoms with Gasteiger partial charge in [0.25, 0.3) is 5.56 Å². The van der Waals surface area contributed by atoms with Crippen molar-refractivity contribution in [3.63, 3.8) is 0 Å². The van der Waals surface area contributed by atoms with Crippen molar-refractivity contribution in [2.75, 3.05) is 11.9 Å². The Kier molecular flexibility index (Phi) is 7.03. The maximum absolute atomic E-state index is 12.2. The van der Waals surface area contributed by atoms with E-state index in [1.807, 2.05) is 18.2 Å². The van der Waals surface area contributed by atoms with Crippen molar-refractivity contribution < 1.29 is 4.79 Å². The lowest BCUT2D eigenvalue weighted by Crippen LogP contribution is -2.41. The minimum Gasteiger partial charge on any atom is -0.330 e. The van der Waals surface area contributed by atoms with E-state index in [9.17, 15) is 9.59 Å². The van der Waals surface area contributed by atoms with Crippen LogP contribution in [0.1, 0.15) is 44.2 Å². The van der Waals surface area contributed by atoms with Crippen LogP contribution in [0.4, 0.5) is 5.82 Å². The third-order valence-electron chi connectivity index (χ3n) is 5.21. The first-order valence-corrected chi connectivity index (χ1v) is 9.15. The molecule has 6 nitrogen and oxygen atoms in total. The molecule has 0 unspecified atom stereocenters. The Labute approximate surface area is 169 Å². The second kappa shape index (κ2) is 8.87. The highest BCUT2D eigenvalue weighted by Crippen LogP contribution is 2.42. The molecule has 1 fully saturated rings.